The van der Waals surface area contributed by atoms with Crippen molar-refractivity contribution in [1.29, 1.82) is 0 Å². The van der Waals surface area contributed by atoms with Crippen LogP contribution >= 0.6 is 9.24 Å². The zero-order valence-electron chi connectivity index (χ0n) is 20.9. The predicted molar refractivity (Wildman–Crippen MR) is 142 cm³/mol. The van der Waals surface area contributed by atoms with Gasteiger partial charge in [0.15, 0.2) is 0 Å². The van der Waals surface area contributed by atoms with Gasteiger partial charge in [-0.3, -0.25) is 0 Å². The van der Waals surface area contributed by atoms with Gasteiger partial charge in [-0.1, -0.05) is 53.7 Å². The lowest BCUT2D eigenvalue weighted by Gasteiger charge is -2.26. The molecule has 3 aromatic rings. The highest BCUT2D eigenvalue weighted by Crippen LogP contribution is 2.44. The Morgan fingerprint density at radius 2 is 0.938 bits per heavy atom. The maximum absolute atomic E-state index is 10.9. The molecule has 0 amide bonds. The zero-order valence-corrected chi connectivity index (χ0v) is 22.1. The van der Waals surface area contributed by atoms with Crippen molar-refractivity contribution in [3.63, 3.8) is 0 Å². The molecule has 2 nitrogen and oxygen atoms in total. The first-order valence-electron chi connectivity index (χ1n) is 11.2. The highest BCUT2D eigenvalue weighted by Gasteiger charge is 2.24. The summed E-state index contributed by atoms with van der Waals surface area (Å²) in [5.74, 6) is 0.548. The average molecular weight is 449 g/mol. The van der Waals surface area contributed by atoms with E-state index >= 15 is 0 Å². The number of phenols is 2. The Balaban J connectivity index is 2.41. The minimum Gasteiger partial charge on any atom is -0.507 e. The van der Waals surface area contributed by atoms with E-state index in [0.29, 0.717) is 0 Å². The van der Waals surface area contributed by atoms with Crippen LogP contribution in [0.3, 0.4) is 0 Å². The van der Waals surface area contributed by atoms with Crippen LogP contribution in [-0.4, -0.2) is 10.2 Å². The van der Waals surface area contributed by atoms with E-state index in [-0.39, 0.29) is 22.3 Å². The second kappa shape index (κ2) is 8.23. The highest BCUT2D eigenvalue weighted by atomic mass is 31.0. The molecule has 0 aliphatic rings. The van der Waals surface area contributed by atoms with E-state index in [1.54, 1.807) is 12.1 Å². The van der Waals surface area contributed by atoms with Gasteiger partial charge in [0.05, 0.1) is 0 Å². The predicted octanol–water partition coefficient (Wildman–Crippen LogP) is 7.45. The Bertz CT molecular complexity index is 1100. The van der Waals surface area contributed by atoms with Gasteiger partial charge in [-0.15, -0.1) is 9.24 Å². The molecule has 3 rings (SSSR count). The molecule has 0 fully saturated rings. The van der Waals surface area contributed by atoms with Crippen molar-refractivity contribution in [2.75, 3.05) is 0 Å². The lowest BCUT2D eigenvalue weighted by atomic mass is 9.80. The van der Waals surface area contributed by atoms with E-state index < -0.39 is 0 Å². The summed E-state index contributed by atoms with van der Waals surface area (Å²) >= 11 is 0. The zero-order chi connectivity index (χ0) is 24.2. The molecule has 170 valence electrons. The van der Waals surface area contributed by atoms with Crippen LogP contribution in [0.4, 0.5) is 0 Å². The van der Waals surface area contributed by atoms with Crippen LogP contribution < -0.4 is 5.30 Å². The van der Waals surface area contributed by atoms with Gasteiger partial charge in [0.1, 0.15) is 11.5 Å². The van der Waals surface area contributed by atoms with Crippen LogP contribution in [0.1, 0.15) is 69.4 Å². The Morgan fingerprint density at radius 3 is 1.25 bits per heavy atom. The summed E-state index contributed by atoms with van der Waals surface area (Å²) in [6.45, 7) is 19.4. The van der Waals surface area contributed by atoms with Gasteiger partial charge in [-0.05, 0) is 100 Å². The molecule has 1 unspecified atom stereocenters. The molecular weight excluding hydrogens is 411 g/mol. The Labute approximate surface area is 195 Å². The van der Waals surface area contributed by atoms with Gasteiger partial charge in [0, 0.05) is 11.1 Å². The fourth-order valence-corrected chi connectivity index (χ4v) is 4.74. The fraction of sp³-hybridized carbons (Fsp3) is 0.379. The van der Waals surface area contributed by atoms with E-state index in [1.807, 2.05) is 12.1 Å². The van der Waals surface area contributed by atoms with Crippen molar-refractivity contribution in [2.45, 2.75) is 73.1 Å². The lowest BCUT2D eigenvalue weighted by Crippen LogP contribution is -2.13. The van der Waals surface area contributed by atoms with Crippen molar-refractivity contribution < 1.29 is 10.2 Å². The van der Waals surface area contributed by atoms with Crippen molar-refractivity contribution in [1.82, 2.24) is 0 Å². The first kappa shape index (κ1) is 24.3. The molecular formula is C29H37O2P. The summed E-state index contributed by atoms with van der Waals surface area (Å²) in [5, 5.41) is 22.8. The van der Waals surface area contributed by atoms with Gasteiger partial charge in [0.2, 0.25) is 0 Å². The SMILES string of the molecule is Cc1c(P)c(C)c(-c2cc(C(C)(C)C)ccc2O)c(C)c1-c1cc(C(C)(C)C)ccc1O. The Hall–Kier alpha value is -2.31. The van der Waals surface area contributed by atoms with Crippen molar-refractivity contribution >= 4 is 14.5 Å². The summed E-state index contributed by atoms with van der Waals surface area (Å²) in [6.07, 6.45) is 0. The molecule has 0 saturated carbocycles. The number of aromatic hydroxyl groups is 2. The summed E-state index contributed by atoms with van der Waals surface area (Å²) in [6, 6.07) is 11.8. The summed E-state index contributed by atoms with van der Waals surface area (Å²) in [5.41, 5.74) is 9.34. The molecule has 0 saturated heterocycles. The third-order valence-electron chi connectivity index (χ3n) is 6.57. The molecule has 1 atom stereocenters. The number of phenolic OH excluding ortho intramolecular Hbond substituents is 2. The van der Waals surface area contributed by atoms with Crippen molar-refractivity contribution in [3.8, 4) is 33.8 Å². The molecule has 0 aliphatic heterocycles. The molecule has 0 aromatic heterocycles. The first-order chi connectivity index (χ1) is 14.6. The lowest BCUT2D eigenvalue weighted by molar-refractivity contribution is 0.476. The van der Waals surface area contributed by atoms with E-state index in [0.717, 1.165) is 44.2 Å². The van der Waals surface area contributed by atoms with Gasteiger partial charge in [-0.25, -0.2) is 0 Å². The summed E-state index contributed by atoms with van der Waals surface area (Å²) in [7, 11) is 2.88. The second-order valence-electron chi connectivity index (χ2n) is 11.0. The van der Waals surface area contributed by atoms with E-state index in [9.17, 15) is 10.2 Å². The quantitative estimate of drug-likeness (QED) is 0.400. The molecule has 0 radical (unpaired) electrons. The summed E-state index contributed by atoms with van der Waals surface area (Å²) < 4.78 is 0. The number of hydrogen-bond acceptors (Lipinski definition) is 2. The van der Waals surface area contributed by atoms with Crippen LogP contribution in [0.2, 0.25) is 0 Å². The standard InChI is InChI=1S/C29H37O2P/c1-16-25(21-14-19(28(4,5)6)10-12-23(21)30)17(2)27(32)18(3)26(16)22-15-20(29(7,8)9)11-13-24(22)31/h10-15,30-31H,32H2,1-9H3. The van der Waals surface area contributed by atoms with Gasteiger partial charge < -0.3 is 10.2 Å². The molecule has 0 heterocycles. The van der Waals surface area contributed by atoms with Crippen LogP contribution in [-0.2, 0) is 10.8 Å². The normalized spacial score (nSPS) is 12.3. The molecule has 32 heavy (non-hydrogen) atoms. The van der Waals surface area contributed by atoms with Gasteiger partial charge in [-0.2, -0.15) is 0 Å². The van der Waals surface area contributed by atoms with Crippen molar-refractivity contribution in [2.24, 2.45) is 0 Å². The molecule has 3 aromatic carbocycles. The van der Waals surface area contributed by atoms with Crippen LogP contribution in [0.25, 0.3) is 22.3 Å². The van der Waals surface area contributed by atoms with Gasteiger partial charge >= 0.3 is 0 Å². The first-order valence-corrected chi connectivity index (χ1v) is 11.8. The van der Waals surface area contributed by atoms with Crippen LogP contribution in [0.15, 0.2) is 36.4 Å². The number of hydrogen-bond donors (Lipinski definition) is 2. The Morgan fingerprint density at radius 1 is 0.594 bits per heavy atom. The third kappa shape index (κ3) is 4.30. The fourth-order valence-electron chi connectivity index (χ4n) is 4.45. The molecule has 0 aliphatic carbocycles. The molecule has 3 heteroatoms. The largest absolute Gasteiger partial charge is 0.507 e. The molecule has 2 N–H and O–H groups in total. The smallest absolute Gasteiger partial charge is 0.123 e. The topological polar surface area (TPSA) is 40.5 Å². The monoisotopic (exact) mass is 448 g/mol. The Kier molecular flexibility index (Phi) is 6.26. The van der Waals surface area contributed by atoms with E-state index in [4.69, 9.17) is 0 Å². The number of benzene rings is 3. The minimum absolute atomic E-state index is 0.0269. The third-order valence-corrected chi connectivity index (χ3v) is 7.44. The van der Waals surface area contributed by atoms with Crippen LogP contribution in [0.5, 0.6) is 11.5 Å². The second-order valence-corrected chi connectivity index (χ2v) is 11.6. The van der Waals surface area contributed by atoms with Crippen LogP contribution in [0, 0.1) is 20.8 Å². The minimum atomic E-state index is -0.0269. The molecule has 0 bridgehead atoms. The van der Waals surface area contributed by atoms with Gasteiger partial charge in [0.25, 0.3) is 0 Å². The average Bonchev–Trinajstić information content (AvgIpc) is 2.67. The molecule has 0 spiro atoms. The van der Waals surface area contributed by atoms with E-state index in [2.05, 4.69) is 83.7 Å². The number of rotatable bonds is 2. The van der Waals surface area contributed by atoms with E-state index in [1.165, 1.54) is 11.1 Å². The summed E-state index contributed by atoms with van der Waals surface area (Å²) in [4.78, 5) is 0. The van der Waals surface area contributed by atoms with Crippen molar-refractivity contribution in [3.05, 3.63) is 64.2 Å². The maximum Gasteiger partial charge on any atom is 0.123 e. The highest BCUT2D eigenvalue weighted by molar-refractivity contribution is 7.27. The maximum atomic E-state index is 10.9.